The smallest absolute Gasteiger partial charge is 0.270 e. The second-order valence-electron chi connectivity index (χ2n) is 5.85. The van der Waals surface area contributed by atoms with Gasteiger partial charge in [-0.1, -0.05) is 25.3 Å². The fraction of sp³-hybridized carbons (Fsp3) is 0.600. The molecular formula is C15H21N3O2. The van der Waals surface area contributed by atoms with Gasteiger partial charge in [0.1, 0.15) is 5.69 Å². The second-order valence-corrected chi connectivity index (χ2v) is 5.85. The minimum absolute atomic E-state index is 0.0360. The van der Waals surface area contributed by atoms with E-state index >= 15 is 0 Å². The Hall–Kier alpha value is -1.62. The van der Waals surface area contributed by atoms with Crippen molar-refractivity contribution in [2.24, 2.45) is 0 Å². The first kappa shape index (κ1) is 13.4. The Morgan fingerprint density at radius 1 is 1.20 bits per heavy atom. The quantitative estimate of drug-likeness (QED) is 0.807. The van der Waals surface area contributed by atoms with Crippen LogP contribution in [0, 0.1) is 0 Å². The van der Waals surface area contributed by atoms with Crippen LogP contribution in [0.2, 0.25) is 0 Å². The summed E-state index contributed by atoms with van der Waals surface area (Å²) in [5.74, 6) is -0.0360. The van der Waals surface area contributed by atoms with Crippen LogP contribution in [-0.4, -0.2) is 41.0 Å². The molecule has 1 aromatic rings. The molecule has 2 aliphatic rings. The van der Waals surface area contributed by atoms with Gasteiger partial charge in [-0.3, -0.25) is 9.59 Å². The molecule has 1 aromatic heterocycles. The lowest BCUT2D eigenvalue weighted by Gasteiger charge is -2.49. The van der Waals surface area contributed by atoms with Crippen molar-refractivity contribution < 1.29 is 4.79 Å². The van der Waals surface area contributed by atoms with Crippen LogP contribution in [0.3, 0.4) is 0 Å². The molecule has 1 saturated heterocycles. The predicted octanol–water partition coefficient (Wildman–Crippen LogP) is 1.12. The Bertz CT molecular complexity index is 538. The third kappa shape index (κ3) is 2.38. The second kappa shape index (κ2) is 5.40. The van der Waals surface area contributed by atoms with Crippen LogP contribution in [0.4, 0.5) is 0 Å². The summed E-state index contributed by atoms with van der Waals surface area (Å²) in [7, 11) is 0. The maximum absolute atomic E-state index is 12.8. The molecule has 0 unspecified atom stereocenters. The molecule has 2 heterocycles. The number of aromatic nitrogens is 1. The van der Waals surface area contributed by atoms with Crippen molar-refractivity contribution >= 4 is 5.91 Å². The number of pyridine rings is 1. The zero-order chi connectivity index (χ0) is 14.0. The molecule has 1 amide bonds. The molecule has 0 bridgehead atoms. The van der Waals surface area contributed by atoms with E-state index in [1.807, 2.05) is 4.90 Å². The minimum Gasteiger partial charge on any atom is -0.329 e. The van der Waals surface area contributed by atoms with Crippen LogP contribution >= 0.6 is 0 Å². The van der Waals surface area contributed by atoms with Crippen molar-refractivity contribution in [2.75, 3.05) is 19.6 Å². The summed E-state index contributed by atoms with van der Waals surface area (Å²) in [6, 6.07) is 4.77. The standard InChI is InChI=1S/C15H21N3O2/c19-13-6-4-5-12(17-13)14(20)18-10-9-16-11-15(18)7-2-1-3-8-15/h4-6,16H,1-3,7-11H2,(H,17,19). The first-order valence-corrected chi connectivity index (χ1v) is 7.43. The topological polar surface area (TPSA) is 65.2 Å². The van der Waals surface area contributed by atoms with Gasteiger partial charge >= 0.3 is 0 Å². The van der Waals surface area contributed by atoms with Crippen LogP contribution in [0.25, 0.3) is 0 Å². The highest BCUT2D eigenvalue weighted by molar-refractivity contribution is 5.93. The Morgan fingerprint density at radius 3 is 2.75 bits per heavy atom. The third-order valence-corrected chi connectivity index (χ3v) is 4.57. The first-order valence-electron chi connectivity index (χ1n) is 7.43. The summed E-state index contributed by atoms with van der Waals surface area (Å²) in [4.78, 5) is 28.8. The Labute approximate surface area is 118 Å². The molecule has 1 aliphatic carbocycles. The number of carbonyl (C=O) groups excluding carboxylic acids is 1. The molecular weight excluding hydrogens is 254 g/mol. The van der Waals surface area contributed by atoms with Crippen LogP contribution in [0.15, 0.2) is 23.0 Å². The zero-order valence-corrected chi connectivity index (χ0v) is 11.7. The van der Waals surface area contributed by atoms with Crippen molar-refractivity contribution in [3.63, 3.8) is 0 Å². The van der Waals surface area contributed by atoms with Gasteiger partial charge in [0.05, 0.1) is 5.54 Å². The van der Waals surface area contributed by atoms with Crippen LogP contribution in [-0.2, 0) is 0 Å². The van der Waals surface area contributed by atoms with E-state index in [0.29, 0.717) is 5.69 Å². The van der Waals surface area contributed by atoms with Crippen molar-refractivity contribution in [2.45, 2.75) is 37.6 Å². The number of rotatable bonds is 1. The number of carbonyl (C=O) groups is 1. The number of nitrogens with zero attached hydrogens (tertiary/aromatic N) is 1. The Kier molecular flexibility index (Phi) is 3.61. The largest absolute Gasteiger partial charge is 0.329 e. The van der Waals surface area contributed by atoms with E-state index in [-0.39, 0.29) is 17.0 Å². The van der Waals surface area contributed by atoms with Crippen molar-refractivity contribution in [3.8, 4) is 0 Å². The number of piperazine rings is 1. The number of amides is 1. The molecule has 0 aromatic carbocycles. The summed E-state index contributed by atoms with van der Waals surface area (Å²) in [6.07, 6.45) is 5.73. The predicted molar refractivity (Wildman–Crippen MR) is 76.8 cm³/mol. The average molecular weight is 275 g/mol. The average Bonchev–Trinajstić information content (AvgIpc) is 2.48. The van der Waals surface area contributed by atoms with E-state index < -0.39 is 0 Å². The number of aromatic amines is 1. The highest BCUT2D eigenvalue weighted by Crippen LogP contribution is 2.35. The monoisotopic (exact) mass is 275 g/mol. The van der Waals surface area contributed by atoms with E-state index in [2.05, 4.69) is 10.3 Å². The summed E-state index contributed by atoms with van der Waals surface area (Å²) in [5, 5.41) is 3.43. The molecule has 20 heavy (non-hydrogen) atoms. The van der Waals surface area contributed by atoms with E-state index in [1.54, 1.807) is 12.1 Å². The van der Waals surface area contributed by atoms with E-state index in [0.717, 1.165) is 32.5 Å². The van der Waals surface area contributed by atoms with Gasteiger partial charge < -0.3 is 15.2 Å². The number of hydrogen-bond donors (Lipinski definition) is 2. The van der Waals surface area contributed by atoms with Gasteiger partial charge in [0.25, 0.3) is 5.91 Å². The number of nitrogens with one attached hydrogen (secondary N) is 2. The molecule has 1 aliphatic heterocycles. The molecule has 2 N–H and O–H groups in total. The maximum atomic E-state index is 12.8. The van der Waals surface area contributed by atoms with E-state index in [9.17, 15) is 9.59 Å². The van der Waals surface area contributed by atoms with Gasteiger partial charge in [0.15, 0.2) is 0 Å². The van der Waals surface area contributed by atoms with Gasteiger partial charge in [-0.05, 0) is 18.9 Å². The molecule has 1 spiro atoms. The van der Waals surface area contributed by atoms with Crippen LogP contribution < -0.4 is 10.9 Å². The Morgan fingerprint density at radius 2 is 2.00 bits per heavy atom. The van der Waals surface area contributed by atoms with Crippen molar-refractivity contribution in [1.82, 2.24) is 15.2 Å². The van der Waals surface area contributed by atoms with E-state index in [4.69, 9.17) is 0 Å². The molecule has 5 heteroatoms. The SMILES string of the molecule is O=C(c1cccc(=O)[nH]1)N1CCNCC12CCCCC2. The summed E-state index contributed by atoms with van der Waals surface area (Å²) in [6.45, 7) is 2.41. The maximum Gasteiger partial charge on any atom is 0.270 e. The van der Waals surface area contributed by atoms with Gasteiger partial charge in [-0.25, -0.2) is 0 Å². The molecule has 0 atom stereocenters. The lowest BCUT2D eigenvalue weighted by atomic mass is 9.79. The van der Waals surface area contributed by atoms with E-state index in [1.165, 1.54) is 25.3 Å². The summed E-state index contributed by atoms with van der Waals surface area (Å²) >= 11 is 0. The third-order valence-electron chi connectivity index (χ3n) is 4.57. The molecule has 5 nitrogen and oxygen atoms in total. The summed E-state index contributed by atoms with van der Waals surface area (Å²) < 4.78 is 0. The molecule has 3 rings (SSSR count). The van der Waals surface area contributed by atoms with Gasteiger partial charge in [-0.2, -0.15) is 0 Å². The van der Waals surface area contributed by atoms with Gasteiger partial charge in [0, 0.05) is 25.7 Å². The number of H-pyrrole nitrogens is 1. The summed E-state index contributed by atoms with van der Waals surface area (Å²) in [5.41, 5.74) is 0.133. The van der Waals surface area contributed by atoms with Crippen molar-refractivity contribution in [3.05, 3.63) is 34.2 Å². The lowest BCUT2D eigenvalue weighted by Crippen LogP contribution is -2.63. The number of hydrogen-bond acceptors (Lipinski definition) is 3. The fourth-order valence-electron chi connectivity index (χ4n) is 3.54. The Balaban J connectivity index is 1.89. The molecule has 1 saturated carbocycles. The molecule has 0 radical (unpaired) electrons. The highest BCUT2D eigenvalue weighted by atomic mass is 16.2. The fourth-order valence-corrected chi connectivity index (χ4v) is 3.54. The minimum atomic E-state index is -0.219. The molecule has 2 fully saturated rings. The normalized spacial score (nSPS) is 21.9. The zero-order valence-electron chi connectivity index (χ0n) is 11.7. The first-order chi connectivity index (χ1) is 9.71. The van der Waals surface area contributed by atoms with Crippen LogP contribution in [0.5, 0.6) is 0 Å². The van der Waals surface area contributed by atoms with Crippen molar-refractivity contribution in [1.29, 1.82) is 0 Å². The van der Waals surface area contributed by atoms with Gasteiger partial charge in [-0.15, -0.1) is 0 Å². The highest BCUT2D eigenvalue weighted by Gasteiger charge is 2.42. The molecule has 108 valence electrons. The lowest BCUT2D eigenvalue weighted by molar-refractivity contribution is 0.0217. The van der Waals surface area contributed by atoms with Gasteiger partial charge in [0.2, 0.25) is 5.56 Å². The van der Waals surface area contributed by atoms with Crippen LogP contribution in [0.1, 0.15) is 42.6 Å².